The van der Waals surface area contributed by atoms with Gasteiger partial charge in [0.2, 0.25) is 5.43 Å². The molecular formula is C17H13NO5. The Labute approximate surface area is 130 Å². The van der Waals surface area contributed by atoms with Crippen LogP contribution in [0.3, 0.4) is 0 Å². The molecule has 0 aliphatic heterocycles. The third-order valence-corrected chi connectivity index (χ3v) is 3.36. The zero-order valence-electron chi connectivity index (χ0n) is 12.2. The number of amides is 1. The number of ether oxygens (including phenoxy) is 1. The van der Waals surface area contributed by atoms with Gasteiger partial charge in [-0.15, -0.1) is 0 Å². The second-order valence-electron chi connectivity index (χ2n) is 4.82. The molecule has 0 saturated carbocycles. The van der Waals surface area contributed by atoms with E-state index < -0.39 is 11.3 Å². The molecule has 6 heteroatoms. The molecule has 0 aliphatic rings. The maximum Gasteiger partial charge on any atom is 0.262 e. The second kappa shape index (κ2) is 5.84. The van der Waals surface area contributed by atoms with Crippen molar-refractivity contribution in [1.29, 1.82) is 0 Å². The minimum Gasteiger partial charge on any atom is -0.504 e. The smallest absolute Gasteiger partial charge is 0.262 e. The summed E-state index contributed by atoms with van der Waals surface area (Å²) >= 11 is 0. The molecule has 0 radical (unpaired) electrons. The predicted molar refractivity (Wildman–Crippen MR) is 85.1 cm³/mol. The molecule has 3 rings (SSSR count). The van der Waals surface area contributed by atoms with Crippen molar-refractivity contribution in [2.75, 3.05) is 12.4 Å². The zero-order chi connectivity index (χ0) is 16.4. The van der Waals surface area contributed by atoms with Crippen LogP contribution in [0.2, 0.25) is 0 Å². The van der Waals surface area contributed by atoms with Gasteiger partial charge in [0.05, 0.1) is 12.5 Å². The van der Waals surface area contributed by atoms with Gasteiger partial charge in [0.1, 0.15) is 17.4 Å². The molecule has 6 nitrogen and oxygen atoms in total. The summed E-state index contributed by atoms with van der Waals surface area (Å²) in [6.45, 7) is 0. The molecule has 1 amide bonds. The topological polar surface area (TPSA) is 88.8 Å². The highest BCUT2D eigenvalue weighted by atomic mass is 16.5. The van der Waals surface area contributed by atoms with Crippen LogP contribution in [0.4, 0.5) is 5.69 Å². The molecule has 2 N–H and O–H groups in total. The van der Waals surface area contributed by atoms with Crippen molar-refractivity contribution in [2.24, 2.45) is 0 Å². The zero-order valence-corrected chi connectivity index (χ0v) is 12.2. The fourth-order valence-electron chi connectivity index (χ4n) is 2.20. The maximum atomic E-state index is 12.3. The third kappa shape index (κ3) is 2.74. The van der Waals surface area contributed by atoms with Crippen LogP contribution in [-0.2, 0) is 0 Å². The number of benzene rings is 2. The van der Waals surface area contributed by atoms with Gasteiger partial charge in [-0.1, -0.05) is 12.1 Å². The molecular weight excluding hydrogens is 298 g/mol. The number of hydrogen-bond acceptors (Lipinski definition) is 5. The summed E-state index contributed by atoms with van der Waals surface area (Å²) in [7, 11) is 1.42. The summed E-state index contributed by atoms with van der Waals surface area (Å²) in [5.41, 5.74) is 0.220. The lowest BCUT2D eigenvalue weighted by molar-refractivity contribution is 0.102. The number of aromatic hydroxyl groups is 1. The number of phenolic OH excluding ortho intramolecular Hbond substituents is 1. The Morgan fingerprint density at radius 2 is 2.00 bits per heavy atom. The van der Waals surface area contributed by atoms with Crippen LogP contribution >= 0.6 is 0 Å². The lowest BCUT2D eigenvalue weighted by Crippen LogP contribution is -2.21. The Morgan fingerprint density at radius 1 is 1.22 bits per heavy atom. The van der Waals surface area contributed by atoms with E-state index in [1.54, 1.807) is 30.3 Å². The molecule has 2 aromatic carbocycles. The Balaban J connectivity index is 1.93. The molecule has 0 saturated heterocycles. The normalized spacial score (nSPS) is 10.5. The lowest BCUT2D eigenvalue weighted by atomic mass is 10.1. The quantitative estimate of drug-likeness (QED) is 0.776. The van der Waals surface area contributed by atoms with Gasteiger partial charge in [0.25, 0.3) is 5.91 Å². The number of methoxy groups -OCH3 is 1. The molecule has 1 aromatic heterocycles. The summed E-state index contributed by atoms with van der Waals surface area (Å²) in [5, 5.41) is 12.6. The standard InChI is InChI=1S/C17H13NO5/c1-22-15-7-6-10(8-13(15)19)18-17(21)12-9-23-14-5-3-2-4-11(14)16(12)20/h2-9,19H,1H3,(H,18,21). The van der Waals surface area contributed by atoms with E-state index in [1.807, 2.05) is 0 Å². The van der Waals surface area contributed by atoms with Crippen LogP contribution in [-0.4, -0.2) is 18.1 Å². The van der Waals surface area contributed by atoms with Crippen molar-refractivity contribution < 1.29 is 19.1 Å². The van der Waals surface area contributed by atoms with Crippen LogP contribution in [0, 0.1) is 0 Å². The summed E-state index contributed by atoms with van der Waals surface area (Å²) in [6, 6.07) is 11.1. The number of anilines is 1. The molecule has 23 heavy (non-hydrogen) atoms. The maximum absolute atomic E-state index is 12.3. The average molecular weight is 311 g/mol. The van der Waals surface area contributed by atoms with Gasteiger partial charge in [-0.05, 0) is 24.3 Å². The van der Waals surface area contributed by atoms with Crippen molar-refractivity contribution in [3.05, 3.63) is 64.5 Å². The number of carbonyl (C=O) groups is 1. The first kappa shape index (κ1) is 14.6. The van der Waals surface area contributed by atoms with Gasteiger partial charge in [-0.3, -0.25) is 9.59 Å². The first-order valence-corrected chi connectivity index (χ1v) is 6.79. The molecule has 0 aliphatic carbocycles. The number of nitrogens with one attached hydrogen (secondary N) is 1. The first-order valence-electron chi connectivity index (χ1n) is 6.79. The first-order chi connectivity index (χ1) is 11.1. The summed E-state index contributed by atoms with van der Waals surface area (Å²) in [5.74, 6) is -0.446. The number of carbonyl (C=O) groups excluding carboxylic acids is 1. The Hall–Kier alpha value is -3.28. The monoisotopic (exact) mass is 311 g/mol. The van der Waals surface area contributed by atoms with Crippen molar-refractivity contribution in [3.8, 4) is 11.5 Å². The van der Waals surface area contributed by atoms with Gasteiger partial charge in [0, 0.05) is 11.8 Å². The summed E-state index contributed by atoms with van der Waals surface area (Å²) < 4.78 is 10.2. The fraction of sp³-hybridized carbons (Fsp3) is 0.0588. The molecule has 0 bridgehead atoms. The van der Waals surface area contributed by atoms with Gasteiger partial charge in [-0.25, -0.2) is 0 Å². The third-order valence-electron chi connectivity index (χ3n) is 3.36. The number of hydrogen-bond donors (Lipinski definition) is 2. The lowest BCUT2D eigenvalue weighted by Gasteiger charge is -2.08. The molecule has 116 valence electrons. The Morgan fingerprint density at radius 3 is 2.74 bits per heavy atom. The molecule has 0 spiro atoms. The SMILES string of the molecule is COc1ccc(NC(=O)c2coc3ccccc3c2=O)cc1O. The van der Waals surface area contributed by atoms with Crippen LogP contribution in [0.25, 0.3) is 11.0 Å². The van der Waals surface area contributed by atoms with Gasteiger partial charge < -0.3 is 19.6 Å². The molecule has 0 unspecified atom stereocenters. The van der Waals surface area contributed by atoms with Crippen LogP contribution in [0.5, 0.6) is 11.5 Å². The number of rotatable bonds is 3. The van der Waals surface area contributed by atoms with Gasteiger partial charge in [0.15, 0.2) is 11.5 Å². The summed E-state index contributed by atoms with van der Waals surface area (Å²) in [6.07, 6.45) is 1.13. The molecule has 3 aromatic rings. The number of para-hydroxylation sites is 1. The van der Waals surface area contributed by atoms with E-state index in [0.717, 1.165) is 6.26 Å². The highest BCUT2D eigenvalue weighted by Crippen LogP contribution is 2.28. The highest BCUT2D eigenvalue weighted by molar-refractivity contribution is 6.05. The van der Waals surface area contributed by atoms with Crippen molar-refractivity contribution in [1.82, 2.24) is 0 Å². The van der Waals surface area contributed by atoms with Gasteiger partial charge in [-0.2, -0.15) is 0 Å². The van der Waals surface area contributed by atoms with Crippen molar-refractivity contribution >= 4 is 22.6 Å². The second-order valence-corrected chi connectivity index (χ2v) is 4.82. The van der Waals surface area contributed by atoms with E-state index in [9.17, 15) is 14.7 Å². The molecule has 0 atom stereocenters. The Kier molecular flexibility index (Phi) is 3.72. The summed E-state index contributed by atoms with van der Waals surface area (Å²) in [4.78, 5) is 24.6. The van der Waals surface area contributed by atoms with E-state index in [4.69, 9.17) is 9.15 Å². The van der Waals surface area contributed by atoms with E-state index in [2.05, 4.69) is 5.32 Å². The predicted octanol–water partition coefficient (Wildman–Crippen LogP) is 2.76. The van der Waals surface area contributed by atoms with E-state index >= 15 is 0 Å². The van der Waals surface area contributed by atoms with Crippen LogP contribution in [0.15, 0.2) is 57.9 Å². The molecule has 1 heterocycles. The minimum absolute atomic E-state index is 0.112. The van der Waals surface area contributed by atoms with Crippen LogP contribution in [0.1, 0.15) is 10.4 Å². The number of phenols is 1. The highest BCUT2D eigenvalue weighted by Gasteiger charge is 2.15. The minimum atomic E-state index is -0.617. The average Bonchev–Trinajstić information content (AvgIpc) is 2.55. The van der Waals surface area contributed by atoms with E-state index in [-0.39, 0.29) is 17.1 Å². The van der Waals surface area contributed by atoms with Crippen molar-refractivity contribution in [2.45, 2.75) is 0 Å². The van der Waals surface area contributed by atoms with Crippen LogP contribution < -0.4 is 15.5 Å². The fourth-order valence-corrected chi connectivity index (χ4v) is 2.20. The van der Waals surface area contributed by atoms with E-state index in [0.29, 0.717) is 16.7 Å². The van der Waals surface area contributed by atoms with E-state index in [1.165, 1.54) is 19.2 Å². The largest absolute Gasteiger partial charge is 0.504 e. The van der Waals surface area contributed by atoms with Gasteiger partial charge >= 0.3 is 0 Å². The number of fused-ring (bicyclic) bond motifs is 1. The Bertz CT molecular complexity index is 945. The molecule has 0 fully saturated rings. The van der Waals surface area contributed by atoms with Crippen molar-refractivity contribution in [3.63, 3.8) is 0 Å².